The lowest BCUT2D eigenvalue weighted by Gasteiger charge is -2.13. The number of carbonyl (C=O) groups excluding carboxylic acids is 1. The standard InChI is InChI=1S/C22H25N3O3S2/c1-13-7-8-16(14(2)11-13)23-18(26)12-29-22-24-20-19(15-5-4-6-17(15)30-20)21(27)25(22)9-10-28-3/h7-8,11H,4-6,9-10,12H2,1-3H3,(H,23,26). The van der Waals surface area contributed by atoms with Gasteiger partial charge in [0.25, 0.3) is 5.56 Å². The smallest absolute Gasteiger partial charge is 0.263 e. The van der Waals surface area contributed by atoms with Gasteiger partial charge in [0, 0.05) is 17.7 Å². The number of amides is 1. The zero-order valence-corrected chi connectivity index (χ0v) is 19.0. The number of hydrogen-bond acceptors (Lipinski definition) is 6. The van der Waals surface area contributed by atoms with E-state index in [4.69, 9.17) is 9.72 Å². The van der Waals surface area contributed by atoms with E-state index in [0.717, 1.165) is 46.3 Å². The minimum Gasteiger partial charge on any atom is -0.383 e. The molecule has 0 unspecified atom stereocenters. The second kappa shape index (κ2) is 8.91. The molecule has 1 N–H and O–H groups in total. The van der Waals surface area contributed by atoms with Gasteiger partial charge in [-0.1, -0.05) is 29.5 Å². The van der Waals surface area contributed by atoms with E-state index in [0.29, 0.717) is 18.3 Å². The number of hydrogen-bond donors (Lipinski definition) is 1. The first-order valence-corrected chi connectivity index (χ1v) is 11.8. The van der Waals surface area contributed by atoms with E-state index < -0.39 is 0 Å². The normalized spacial score (nSPS) is 13.0. The highest BCUT2D eigenvalue weighted by Gasteiger charge is 2.23. The molecule has 6 nitrogen and oxygen atoms in total. The predicted octanol–water partition coefficient (Wildman–Crippen LogP) is 3.94. The lowest BCUT2D eigenvalue weighted by Crippen LogP contribution is -2.26. The van der Waals surface area contributed by atoms with Crippen LogP contribution in [0.5, 0.6) is 0 Å². The largest absolute Gasteiger partial charge is 0.383 e. The number of aromatic nitrogens is 2. The van der Waals surface area contributed by atoms with Gasteiger partial charge < -0.3 is 10.1 Å². The Morgan fingerprint density at radius 2 is 2.17 bits per heavy atom. The molecule has 1 aliphatic rings. The highest BCUT2D eigenvalue weighted by molar-refractivity contribution is 7.99. The molecule has 1 aliphatic carbocycles. The van der Waals surface area contributed by atoms with E-state index in [1.165, 1.54) is 22.2 Å². The molecule has 0 saturated heterocycles. The minimum absolute atomic E-state index is 0.0197. The predicted molar refractivity (Wildman–Crippen MR) is 123 cm³/mol. The van der Waals surface area contributed by atoms with Gasteiger partial charge in [0.2, 0.25) is 5.91 Å². The summed E-state index contributed by atoms with van der Waals surface area (Å²) in [6.45, 7) is 4.84. The van der Waals surface area contributed by atoms with E-state index in [-0.39, 0.29) is 17.2 Å². The topological polar surface area (TPSA) is 73.2 Å². The van der Waals surface area contributed by atoms with Crippen LogP contribution in [-0.2, 0) is 28.9 Å². The summed E-state index contributed by atoms with van der Waals surface area (Å²) in [7, 11) is 1.61. The molecule has 3 aromatic rings. The van der Waals surface area contributed by atoms with Crippen LogP contribution in [0.3, 0.4) is 0 Å². The Morgan fingerprint density at radius 3 is 2.93 bits per heavy atom. The van der Waals surface area contributed by atoms with Crippen molar-refractivity contribution in [2.75, 3.05) is 24.8 Å². The average molecular weight is 444 g/mol. The minimum atomic E-state index is -0.117. The number of methoxy groups -OCH3 is 1. The lowest BCUT2D eigenvalue weighted by atomic mass is 10.1. The summed E-state index contributed by atoms with van der Waals surface area (Å²) in [4.78, 5) is 32.6. The number of nitrogens with zero attached hydrogens (tertiary/aromatic N) is 2. The summed E-state index contributed by atoms with van der Waals surface area (Å²) in [6.07, 6.45) is 3.07. The molecule has 4 rings (SSSR count). The summed E-state index contributed by atoms with van der Waals surface area (Å²) in [5.74, 6) is 0.0665. The number of fused-ring (bicyclic) bond motifs is 3. The summed E-state index contributed by atoms with van der Waals surface area (Å²) >= 11 is 2.91. The van der Waals surface area contributed by atoms with Gasteiger partial charge in [-0.2, -0.15) is 0 Å². The molecule has 0 radical (unpaired) electrons. The molecule has 0 atom stereocenters. The summed E-state index contributed by atoms with van der Waals surface area (Å²) in [5, 5.41) is 4.28. The van der Waals surface area contributed by atoms with Crippen molar-refractivity contribution in [1.29, 1.82) is 0 Å². The molecule has 30 heavy (non-hydrogen) atoms. The van der Waals surface area contributed by atoms with Gasteiger partial charge in [0.05, 0.1) is 24.3 Å². The number of carbonyl (C=O) groups is 1. The van der Waals surface area contributed by atoms with E-state index in [2.05, 4.69) is 5.32 Å². The van der Waals surface area contributed by atoms with Crippen LogP contribution in [0.2, 0.25) is 0 Å². The van der Waals surface area contributed by atoms with Crippen LogP contribution in [0, 0.1) is 13.8 Å². The van der Waals surface area contributed by atoms with Gasteiger partial charge in [-0.05, 0) is 50.3 Å². The second-order valence-corrected chi connectivity index (χ2v) is 9.56. The molecule has 0 fully saturated rings. The van der Waals surface area contributed by atoms with Crippen molar-refractivity contribution in [3.05, 3.63) is 50.1 Å². The Hall–Kier alpha value is -2.16. The number of nitrogens with one attached hydrogen (secondary N) is 1. The molecule has 0 aliphatic heterocycles. The van der Waals surface area contributed by atoms with Crippen molar-refractivity contribution in [1.82, 2.24) is 9.55 Å². The lowest BCUT2D eigenvalue weighted by molar-refractivity contribution is -0.113. The number of thioether (sulfide) groups is 1. The zero-order valence-electron chi connectivity index (χ0n) is 17.4. The highest BCUT2D eigenvalue weighted by Crippen LogP contribution is 2.35. The van der Waals surface area contributed by atoms with Gasteiger partial charge in [-0.3, -0.25) is 14.2 Å². The molecule has 2 aromatic heterocycles. The Bertz CT molecular complexity index is 1170. The van der Waals surface area contributed by atoms with Crippen LogP contribution in [0.25, 0.3) is 10.2 Å². The maximum atomic E-state index is 13.2. The first-order chi connectivity index (χ1) is 14.5. The van der Waals surface area contributed by atoms with Gasteiger partial charge in [0.15, 0.2) is 5.16 Å². The molecule has 2 heterocycles. The fourth-order valence-corrected chi connectivity index (χ4v) is 5.95. The maximum absolute atomic E-state index is 13.2. The number of thiophene rings is 1. The molecular weight excluding hydrogens is 418 g/mol. The van der Waals surface area contributed by atoms with Crippen molar-refractivity contribution >= 4 is 44.9 Å². The van der Waals surface area contributed by atoms with Gasteiger partial charge in [0.1, 0.15) is 4.83 Å². The monoisotopic (exact) mass is 443 g/mol. The van der Waals surface area contributed by atoms with Crippen molar-refractivity contribution in [3.63, 3.8) is 0 Å². The number of benzene rings is 1. The molecular formula is C22H25N3O3S2. The summed E-state index contributed by atoms with van der Waals surface area (Å²) < 4.78 is 6.85. The molecule has 158 valence electrons. The van der Waals surface area contributed by atoms with Gasteiger partial charge >= 0.3 is 0 Å². The number of rotatable bonds is 7. The van der Waals surface area contributed by atoms with E-state index >= 15 is 0 Å². The first-order valence-electron chi connectivity index (χ1n) is 10.0. The van der Waals surface area contributed by atoms with Crippen LogP contribution in [0.1, 0.15) is 28.0 Å². The van der Waals surface area contributed by atoms with Crippen molar-refractivity contribution in [2.24, 2.45) is 0 Å². The summed E-state index contributed by atoms with van der Waals surface area (Å²) in [6, 6.07) is 5.93. The maximum Gasteiger partial charge on any atom is 0.263 e. The summed E-state index contributed by atoms with van der Waals surface area (Å²) in [5.41, 5.74) is 4.14. The Kier molecular flexibility index (Phi) is 6.26. The molecule has 8 heteroatoms. The number of aryl methyl sites for hydroxylation is 4. The fraction of sp³-hybridized carbons (Fsp3) is 0.409. The average Bonchev–Trinajstić information content (AvgIpc) is 3.29. The van der Waals surface area contributed by atoms with E-state index in [1.807, 2.05) is 32.0 Å². The molecule has 1 amide bonds. The van der Waals surface area contributed by atoms with E-state index in [1.54, 1.807) is 23.0 Å². The van der Waals surface area contributed by atoms with Crippen LogP contribution in [0.4, 0.5) is 5.69 Å². The quantitative estimate of drug-likeness (QED) is 0.442. The molecule has 0 bridgehead atoms. The Balaban J connectivity index is 1.58. The highest BCUT2D eigenvalue weighted by atomic mass is 32.2. The van der Waals surface area contributed by atoms with Crippen LogP contribution in [0.15, 0.2) is 28.2 Å². The van der Waals surface area contributed by atoms with Crippen molar-refractivity contribution in [2.45, 2.75) is 44.8 Å². The molecule has 0 spiro atoms. The fourth-order valence-electron chi connectivity index (χ4n) is 3.82. The third kappa shape index (κ3) is 4.17. The number of ether oxygens (including phenoxy) is 1. The number of anilines is 1. The third-order valence-electron chi connectivity index (χ3n) is 5.30. The van der Waals surface area contributed by atoms with E-state index in [9.17, 15) is 9.59 Å². The van der Waals surface area contributed by atoms with Crippen LogP contribution < -0.4 is 10.9 Å². The second-order valence-electron chi connectivity index (χ2n) is 7.54. The van der Waals surface area contributed by atoms with Gasteiger partial charge in [-0.25, -0.2) is 4.98 Å². The van der Waals surface area contributed by atoms with Crippen LogP contribution in [-0.4, -0.2) is 34.9 Å². The molecule has 0 saturated carbocycles. The zero-order chi connectivity index (χ0) is 21.3. The van der Waals surface area contributed by atoms with Crippen LogP contribution >= 0.6 is 23.1 Å². The third-order valence-corrected chi connectivity index (χ3v) is 7.46. The SMILES string of the molecule is COCCn1c(SCC(=O)Nc2ccc(C)cc2C)nc2sc3c(c2c1=O)CCC3. The van der Waals surface area contributed by atoms with Crippen molar-refractivity contribution < 1.29 is 9.53 Å². The molecule has 1 aromatic carbocycles. The van der Waals surface area contributed by atoms with Crippen molar-refractivity contribution in [3.8, 4) is 0 Å². The Morgan fingerprint density at radius 1 is 1.33 bits per heavy atom. The van der Waals surface area contributed by atoms with Gasteiger partial charge in [-0.15, -0.1) is 11.3 Å². The first kappa shape index (κ1) is 21.1. The Labute approximate surface area is 183 Å².